The van der Waals surface area contributed by atoms with E-state index in [1.54, 1.807) is 11.8 Å². The number of amides is 1. The van der Waals surface area contributed by atoms with Crippen LogP contribution in [-0.4, -0.2) is 35.5 Å². The Labute approximate surface area is 96.9 Å². The first-order valence-corrected chi connectivity index (χ1v) is 6.04. The van der Waals surface area contributed by atoms with Gasteiger partial charge in [-0.25, -0.2) is 4.79 Å². The van der Waals surface area contributed by atoms with E-state index in [0.29, 0.717) is 13.2 Å². The first-order valence-electron chi connectivity index (χ1n) is 6.04. The van der Waals surface area contributed by atoms with Gasteiger partial charge in [0.1, 0.15) is 5.54 Å². The van der Waals surface area contributed by atoms with Crippen LogP contribution in [0.25, 0.3) is 0 Å². The van der Waals surface area contributed by atoms with Gasteiger partial charge in [0.25, 0.3) is 0 Å². The summed E-state index contributed by atoms with van der Waals surface area (Å²) in [6.45, 7) is 6.42. The van der Waals surface area contributed by atoms with Crippen molar-refractivity contribution in [1.82, 2.24) is 4.90 Å². The van der Waals surface area contributed by atoms with Crippen molar-refractivity contribution in [2.75, 3.05) is 13.2 Å². The van der Waals surface area contributed by atoms with E-state index in [0.717, 1.165) is 25.7 Å². The van der Waals surface area contributed by atoms with Crippen LogP contribution in [0.15, 0.2) is 0 Å². The maximum atomic E-state index is 11.8. The van der Waals surface area contributed by atoms with Crippen molar-refractivity contribution in [2.24, 2.45) is 0 Å². The molecule has 0 aromatic heterocycles. The highest BCUT2D eigenvalue weighted by Crippen LogP contribution is 2.43. The molecule has 0 unspecified atom stereocenters. The second kappa shape index (κ2) is 5.32. The SMILES string of the molecule is CCCCN(C(C)=O)C1(C(=O)OCC)CC1. The molecule has 0 aromatic rings. The lowest BCUT2D eigenvalue weighted by atomic mass is 10.2. The Morgan fingerprint density at radius 2 is 1.94 bits per heavy atom. The Kier molecular flexibility index (Phi) is 4.33. The maximum absolute atomic E-state index is 11.8. The van der Waals surface area contributed by atoms with Gasteiger partial charge >= 0.3 is 5.97 Å². The fourth-order valence-corrected chi connectivity index (χ4v) is 1.96. The Bertz CT molecular complexity index is 271. The number of ether oxygens (including phenoxy) is 1. The van der Waals surface area contributed by atoms with E-state index in [-0.39, 0.29) is 11.9 Å². The molecule has 1 aliphatic rings. The monoisotopic (exact) mass is 227 g/mol. The van der Waals surface area contributed by atoms with Gasteiger partial charge in [0.05, 0.1) is 6.61 Å². The molecule has 0 bridgehead atoms. The molecular weight excluding hydrogens is 206 g/mol. The van der Waals surface area contributed by atoms with E-state index >= 15 is 0 Å². The van der Waals surface area contributed by atoms with Crippen molar-refractivity contribution in [3.8, 4) is 0 Å². The molecule has 1 fully saturated rings. The van der Waals surface area contributed by atoms with Crippen molar-refractivity contribution in [3.63, 3.8) is 0 Å². The molecule has 16 heavy (non-hydrogen) atoms. The molecule has 92 valence electrons. The fourth-order valence-electron chi connectivity index (χ4n) is 1.96. The van der Waals surface area contributed by atoms with Gasteiger partial charge in [0.15, 0.2) is 0 Å². The summed E-state index contributed by atoms with van der Waals surface area (Å²) in [6, 6.07) is 0. The first kappa shape index (κ1) is 13.0. The van der Waals surface area contributed by atoms with E-state index in [1.165, 1.54) is 6.92 Å². The van der Waals surface area contributed by atoms with Crippen molar-refractivity contribution in [3.05, 3.63) is 0 Å². The van der Waals surface area contributed by atoms with Crippen molar-refractivity contribution in [1.29, 1.82) is 0 Å². The summed E-state index contributed by atoms with van der Waals surface area (Å²) >= 11 is 0. The molecule has 0 aliphatic heterocycles. The topological polar surface area (TPSA) is 46.6 Å². The summed E-state index contributed by atoms with van der Waals surface area (Å²) in [7, 11) is 0. The van der Waals surface area contributed by atoms with Crippen LogP contribution in [0.4, 0.5) is 0 Å². The molecule has 4 nitrogen and oxygen atoms in total. The molecule has 0 aromatic carbocycles. The minimum absolute atomic E-state index is 0.0287. The summed E-state index contributed by atoms with van der Waals surface area (Å²) in [6.07, 6.45) is 3.44. The number of nitrogens with zero attached hydrogens (tertiary/aromatic N) is 1. The molecule has 1 aliphatic carbocycles. The highest BCUT2D eigenvalue weighted by atomic mass is 16.5. The van der Waals surface area contributed by atoms with Crippen LogP contribution in [0.3, 0.4) is 0 Å². The van der Waals surface area contributed by atoms with Crippen LogP contribution in [0.2, 0.25) is 0 Å². The summed E-state index contributed by atoms with van der Waals surface area (Å²) < 4.78 is 5.05. The van der Waals surface area contributed by atoms with Gasteiger partial charge in [-0.15, -0.1) is 0 Å². The minimum atomic E-state index is -0.628. The minimum Gasteiger partial charge on any atom is -0.464 e. The largest absolute Gasteiger partial charge is 0.464 e. The van der Waals surface area contributed by atoms with Crippen LogP contribution in [0.1, 0.15) is 46.5 Å². The predicted molar refractivity (Wildman–Crippen MR) is 60.9 cm³/mol. The molecule has 1 saturated carbocycles. The average Bonchev–Trinajstić information content (AvgIpc) is 3.00. The molecule has 4 heteroatoms. The van der Waals surface area contributed by atoms with Gasteiger partial charge < -0.3 is 9.64 Å². The van der Waals surface area contributed by atoms with E-state index in [9.17, 15) is 9.59 Å². The second-order valence-corrected chi connectivity index (χ2v) is 4.28. The third-order valence-electron chi connectivity index (χ3n) is 3.01. The molecule has 0 radical (unpaired) electrons. The Morgan fingerprint density at radius 3 is 2.31 bits per heavy atom. The van der Waals surface area contributed by atoms with Crippen molar-refractivity contribution >= 4 is 11.9 Å². The van der Waals surface area contributed by atoms with Crippen molar-refractivity contribution in [2.45, 2.75) is 52.0 Å². The molecule has 0 saturated heterocycles. The zero-order valence-electron chi connectivity index (χ0n) is 10.4. The highest BCUT2D eigenvalue weighted by molar-refractivity contribution is 5.90. The number of carbonyl (C=O) groups excluding carboxylic acids is 2. The van der Waals surface area contributed by atoms with Crippen LogP contribution >= 0.6 is 0 Å². The standard InChI is InChI=1S/C12H21NO3/c1-4-6-9-13(10(3)14)12(7-8-12)11(15)16-5-2/h4-9H2,1-3H3. The van der Waals surface area contributed by atoms with Gasteiger partial charge in [0, 0.05) is 13.5 Å². The molecule has 1 rings (SSSR count). The summed E-state index contributed by atoms with van der Waals surface area (Å²) in [4.78, 5) is 25.1. The maximum Gasteiger partial charge on any atom is 0.332 e. The molecule has 0 heterocycles. The van der Waals surface area contributed by atoms with E-state index < -0.39 is 5.54 Å². The molecule has 0 N–H and O–H groups in total. The predicted octanol–water partition coefficient (Wildman–Crippen LogP) is 1.73. The van der Waals surface area contributed by atoms with Gasteiger partial charge in [-0.3, -0.25) is 4.79 Å². The van der Waals surface area contributed by atoms with Crippen LogP contribution in [0, 0.1) is 0 Å². The Balaban J connectivity index is 2.69. The molecule has 0 spiro atoms. The molecular formula is C12H21NO3. The first-order chi connectivity index (χ1) is 7.58. The van der Waals surface area contributed by atoms with Crippen molar-refractivity contribution < 1.29 is 14.3 Å². The number of hydrogen-bond acceptors (Lipinski definition) is 3. The lowest BCUT2D eigenvalue weighted by Crippen LogP contribution is -2.47. The van der Waals surface area contributed by atoms with E-state index in [4.69, 9.17) is 4.74 Å². The highest BCUT2D eigenvalue weighted by Gasteiger charge is 2.56. The zero-order chi connectivity index (χ0) is 12.2. The van der Waals surface area contributed by atoms with Crippen LogP contribution in [-0.2, 0) is 14.3 Å². The number of esters is 1. The summed E-state index contributed by atoms with van der Waals surface area (Å²) in [5.41, 5.74) is -0.628. The van der Waals surface area contributed by atoms with E-state index in [2.05, 4.69) is 6.92 Å². The lowest BCUT2D eigenvalue weighted by Gasteiger charge is -2.29. The average molecular weight is 227 g/mol. The third kappa shape index (κ3) is 2.54. The van der Waals surface area contributed by atoms with Gasteiger partial charge in [-0.1, -0.05) is 13.3 Å². The molecule has 1 amide bonds. The number of rotatable bonds is 6. The number of carbonyl (C=O) groups is 2. The van der Waals surface area contributed by atoms with Gasteiger partial charge in [-0.05, 0) is 26.2 Å². The fraction of sp³-hybridized carbons (Fsp3) is 0.833. The van der Waals surface area contributed by atoms with Crippen LogP contribution < -0.4 is 0 Å². The van der Waals surface area contributed by atoms with Gasteiger partial charge in [0.2, 0.25) is 5.91 Å². The number of hydrogen-bond donors (Lipinski definition) is 0. The Morgan fingerprint density at radius 1 is 1.31 bits per heavy atom. The van der Waals surface area contributed by atoms with E-state index in [1.807, 2.05) is 0 Å². The second-order valence-electron chi connectivity index (χ2n) is 4.28. The Hall–Kier alpha value is -1.06. The smallest absolute Gasteiger partial charge is 0.332 e. The zero-order valence-corrected chi connectivity index (χ0v) is 10.4. The summed E-state index contributed by atoms with van der Waals surface area (Å²) in [5, 5.41) is 0. The normalized spacial score (nSPS) is 16.7. The lowest BCUT2D eigenvalue weighted by molar-refractivity contribution is -0.156. The van der Waals surface area contributed by atoms with Gasteiger partial charge in [-0.2, -0.15) is 0 Å². The molecule has 0 atom stereocenters. The third-order valence-corrected chi connectivity index (χ3v) is 3.01. The van der Waals surface area contributed by atoms with Crippen LogP contribution in [0.5, 0.6) is 0 Å². The quantitative estimate of drug-likeness (QED) is 0.649. The number of unbranched alkanes of at least 4 members (excludes halogenated alkanes) is 1. The summed E-state index contributed by atoms with van der Waals surface area (Å²) in [5.74, 6) is -0.264.